The zero-order valence-electron chi connectivity index (χ0n) is 14.6. The fraction of sp³-hybridized carbons (Fsp3) is 0.278. The third-order valence-electron chi connectivity index (χ3n) is 3.45. The van der Waals surface area contributed by atoms with Crippen LogP contribution in [0.25, 0.3) is 0 Å². The molecule has 0 bridgehead atoms. The number of ether oxygens (including phenoxy) is 1. The van der Waals surface area contributed by atoms with Crippen molar-refractivity contribution in [3.05, 3.63) is 54.6 Å². The van der Waals surface area contributed by atoms with Crippen molar-refractivity contribution < 1.29 is 23.2 Å². The van der Waals surface area contributed by atoms with Crippen molar-refractivity contribution in [2.75, 3.05) is 13.1 Å². The molecule has 2 aromatic rings. The minimum atomic E-state index is -3.89. The lowest BCUT2D eigenvalue weighted by atomic mass is 10.2. The first kappa shape index (κ1) is 19.9. The van der Waals surface area contributed by atoms with Crippen molar-refractivity contribution >= 4 is 15.9 Å². The Morgan fingerprint density at radius 3 is 2.19 bits per heavy atom. The molecule has 1 amide bonds. The first-order valence-electron chi connectivity index (χ1n) is 8.09. The first-order chi connectivity index (χ1) is 12.3. The summed E-state index contributed by atoms with van der Waals surface area (Å²) in [5.41, 5.74) is 1.46. The highest BCUT2D eigenvalue weighted by Crippen LogP contribution is 2.24. The van der Waals surface area contributed by atoms with Gasteiger partial charge in [0, 0.05) is 6.54 Å². The molecule has 0 atom stereocenters. The Labute approximate surface area is 153 Å². The number of hydrogen-bond donors (Lipinski definition) is 2. The maximum Gasteiger partial charge on any atom is 0.258 e. The van der Waals surface area contributed by atoms with Crippen LogP contribution in [0.2, 0.25) is 0 Å². The second-order valence-corrected chi connectivity index (χ2v) is 8.05. The molecule has 0 spiro atoms. The quantitative estimate of drug-likeness (QED) is 0.544. The fourth-order valence-corrected chi connectivity index (χ4v) is 3.86. The van der Waals surface area contributed by atoms with E-state index >= 15 is 0 Å². The summed E-state index contributed by atoms with van der Waals surface area (Å²) in [4.78, 5) is 11.5. The Morgan fingerprint density at radius 1 is 1.08 bits per heavy atom. The summed E-state index contributed by atoms with van der Waals surface area (Å²) in [6, 6.07) is 15.1. The lowest BCUT2D eigenvalue weighted by Crippen LogP contribution is -2.41. The van der Waals surface area contributed by atoms with Gasteiger partial charge in [0.15, 0.2) is 0 Å². The average molecular weight is 378 g/mol. The van der Waals surface area contributed by atoms with Crippen LogP contribution in [-0.2, 0) is 14.8 Å². The standard InChI is InChI=1S/C18H22N2O5S/c1-14(2)12-20(13-18(21)19-22)26(23,24)17-10-8-16(9-11-17)25-15-6-4-3-5-7-15/h3-11,14,22H,12-13H2,1-2H3,(H,19,21). The van der Waals surface area contributed by atoms with Crippen LogP contribution in [0, 0.1) is 5.92 Å². The monoisotopic (exact) mass is 378 g/mol. The summed E-state index contributed by atoms with van der Waals surface area (Å²) < 4.78 is 32.3. The highest BCUT2D eigenvalue weighted by molar-refractivity contribution is 7.89. The summed E-state index contributed by atoms with van der Waals surface area (Å²) in [7, 11) is -3.89. The van der Waals surface area contributed by atoms with Gasteiger partial charge >= 0.3 is 0 Å². The van der Waals surface area contributed by atoms with E-state index in [4.69, 9.17) is 9.94 Å². The van der Waals surface area contributed by atoms with E-state index in [1.54, 1.807) is 24.3 Å². The van der Waals surface area contributed by atoms with E-state index in [2.05, 4.69) is 0 Å². The predicted octanol–water partition coefficient (Wildman–Crippen LogP) is 2.63. The molecule has 26 heavy (non-hydrogen) atoms. The number of hydroxylamine groups is 1. The number of hydrogen-bond acceptors (Lipinski definition) is 5. The summed E-state index contributed by atoms with van der Waals surface area (Å²) >= 11 is 0. The second kappa shape index (κ2) is 8.79. The third kappa shape index (κ3) is 5.29. The topological polar surface area (TPSA) is 95.9 Å². The molecule has 8 heteroatoms. The molecule has 0 saturated carbocycles. The van der Waals surface area contributed by atoms with E-state index in [0.717, 1.165) is 4.31 Å². The molecular weight excluding hydrogens is 356 g/mol. The molecule has 140 valence electrons. The van der Waals surface area contributed by atoms with Crippen LogP contribution in [0.5, 0.6) is 11.5 Å². The number of para-hydroxylation sites is 1. The molecule has 2 N–H and O–H groups in total. The summed E-state index contributed by atoms with van der Waals surface area (Å²) in [6.07, 6.45) is 0. The zero-order valence-corrected chi connectivity index (χ0v) is 15.4. The average Bonchev–Trinajstić information content (AvgIpc) is 2.62. The molecule has 0 unspecified atom stereocenters. The Kier molecular flexibility index (Phi) is 6.73. The summed E-state index contributed by atoms with van der Waals surface area (Å²) in [6.45, 7) is 3.38. The van der Waals surface area contributed by atoms with Crippen molar-refractivity contribution in [2.24, 2.45) is 5.92 Å². The number of amides is 1. The number of sulfonamides is 1. The van der Waals surface area contributed by atoms with Crippen LogP contribution in [0.4, 0.5) is 0 Å². The maximum atomic E-state index is 12.8. The van der Waals surface area contributed by atoms with Gasteiger partial charge in [-0.1, -0.05) is 32.0 Å². The molecule has 2 rings (SSSR count). The molecule has 7 nitrogen and oxygen atoms in total. The lowest BCUT2D eigenvalue weighted by molar-refractivity contribution is -0.129. The van der Waals surface area contributed by atoms with E-state index in [0.29, 0.717) is 11.5 Å². The van der Waals surface area contributed by atoms with Crippen LogP contribution in [0.3, 0.4) is 0 Å². The number of nitrogens with zero attached hydrogens (tertiary/aromatic N) is 1. The Morgan fingerprint density at radius 2 is 1.65 bits per heavy atom. The van der Waals surface area contributed by atoms with Gasteiger partial charge in [0.25, 0.3) is 5.91 Å². The van der Waals surface area contributed by atoms with Gasteiger partial charge < -0.3 is 4.74 Å². The van der Waals surface area contributed by atoms with Crippen molar-refractivity contribution in [3.63, 3.8) is 0 Å². The lowest BCUT2D eigenvalue weighted by Gasteiger charge is -2.23. The summed E-state index contributed by atoms with van der Waals surface area (Å²) in [5, 5.41) is 8.69. The van der Waals surface area contributed by atoms with Crippen LogP contribution < -0.4 is 10.2 Å². The van der Waals surface area contributed by atoms with Crippen LogP contribution in [0.1, 0.15) is 13.8 Å². The van der Waals surface area contributed by atoms with Gasteiger partial charge in [-0.05, 0) is 42.3 Å². The normalized spacial score (nSPS) is 11.6. The molecule has 0 fully saturated rings. The molecule has 0 aliphatic rings. The van der Waals surface area contributed by atoms with Crippen molar-refractivity contribution in [2.45, 2.75) is 18.7 Å². The largest absolute Gasteiger partial charge is 0.457 e. The van der Waals surface area contributed by atoms with E-state index in [1.165, 1.54) is 17.6 Å². The number of carbonyl (C=O) groups is 1. The molecular formula is C18H22N2O5S. The third-order valence-corrected chi connectivity index (χ3v) is 5.28. The van der Waals surface area contributed by atoms with Crippen molar-refractivity contribution in [3.8, 4) is 11.5 Å². The van der Waals surface area contributed by atoms with Gasteiger partial charge in [0.2, 0.25) is 10.0 Å². The van der Waals surface area contributed by atoms with Gasteiger partial charge in [-0.3, -0.25) is 10.0 Å². The molecule has 0 saturated heterocycles. The van der Waals surface area contributed by atoms with E-state index in [-0.39, 0.29) is 17.4 Å². The first-order valence-corrected chi connectivity index (χ1v) is 9.53. The number of carbonyl (C=O) groups excluding carboxylic acids is 1. The van der Waals surface area contributed by atoms with E-state index < -0.39 is 22.5 Å². The fourth-order valence-electron chi connectivity index (χ4n) is 2.30. The highest BCUT2D eigenvalue weighted by Gasteiger charge is 2.27. The van der Waals surface area contributed by atoms with E-state index in [9.17, 15) is 13.2 Å². The van der Waals surface area contributed by atoms with Crippen molar-refractivity contribution in [1.82, 2.24) is 9.79 Å². The van der Waals surface area contributed by atoms with E-state index in [1.807, 2.05) is 32.0 Å². The molecule has 0 radical (unpaired) electrons. The van der Waals surface area contributed by atoms with Gasteiger partial charge in [-0.25, -0.2) is 13.9 Å². The Hall–Kier alpha value is -2.42. The van der Waals surface area contributed by atoms with Crippen LogP contribution >= 0.6 is 0 Å². The smallest absolute Gasteiger partial charge is 0.258 e. The maximum absolute atomic E-state index is 12.8. The van der Waals surface area contributed by atoms with Crippen LogP contribution in [-0.4, -0.2) is 36.9 Å². The van der Waals surface area contributed by atoms with Gasteiger partial charge in [0.05, 0.1) is 11.4 Å². The van der Waals surface area contributed by atoms with Crippen molar-refractivity contribution in [1.29, 1.82) is 0 Å². The summed E-state index contributed by atoms with van der Waals surface area (Å²) in [5.74, 6) is 0.359. The second-order valence-electron chi connectivity index (χ2n) is 6.11. The number of rotatable bonds is 8. The SMILES string of the molecule is CC(C)CN(CC(=O)NO)S(=O)(=O)c1ccc(Oc2ccccc2)cc1. The van der Waals surface area contributed by atoms with Gasteiger partial charge in [-0.15, -0.1) is 0 Å². The molecule has 0 aromatic heterocycles. The molecule has 0 aliphatic carbocycles. The minimum Gasteiger partial charge on any atom is -0.457 e. The van der Waals surface area contributed by atoms with Gasteiger partial charge in [0.1, 0.15) is 11.5 Å². The van der Waals surface area contributed by atoms with Crippen LogP contribution in [0.15, 0.2) is 59.5 Å². The molecule has 2 aromatic carbocycles. The van der Waals surface area contributed by atoms with Gasteiger partial charge in [-0.2, -0.15) is 4.31 Å². The number of benzene rings is 2. The minimum absolute atomic E-state index is 0.0111. The molecule has 0 heterocycles. The zero-order chi connectivity index (χ0) is 19.2. The Balaban J connectivity index is 2.21. The molecule has 0 aliphatic heterocycles. The predicted molar refractivity (Wildman–Crippen MR) is 96.5 cm³/mol. The Bertz CT molecular complexity index is 820. The number of nitrogens with one attached hydrogen (secondary N) is 1. The highest BCUT2D eigenvalue weighted by atomic mass is 32.2.